The standard InChI is InChI=1S/C10H18ClNO/c1-2-10(13)12-7-8-5-3-4-6-9(8)11/h8-9H,2-7H2,1H3,(H,12,13). The van der Waals surface area contributed by atoms with Crippen LogP contribution in [0.5, 0.6) is 0 Å². The Morgan fingerprint density at radius 3 is 2.77 bits per heavy atom. The number of rotatable bonds is 3. The molecule has 3 heteroatoms. The van der Waals surface area contributed by atoms with Gasteiger partial charge in [-0.05, 0) is 18.8 Å². The summed E-state index contributed by atoms with van der Waals surface area (Å²) < 4.78 is 0. The first-order valence-corrected chi connectivity index (χ1v) is 5.58. The van der Waals surface area contributed by atoms with E-state index in [0.29, 0.717) is 12.3 Å². The van der Waals surface area contributed by atoms with E-state index in [0.717, 1.165) is 19.4 Å². The van der Waals surface area contributed by atoms with Gasteiger partial charge < -0.3 is 5.32 Å². The van der Waals surface area contributed by atoms with E-state index in [9.17, 15) is 4.79 Å². The molecule has 0 aromatic carbocycles. The Hall–Kier alpha value is -0.240. The van der Waals surface area contributed by atoms with Crippen LogP contribution < -0.4 is 5.32 Å². The Kier molecular flexibility index (Phi) is 4.57. The molecule has 13 heavy (non-hydrogen) atoms. The van der Waals surface area contributed by atoms with Crippen molar-refractivity contribution in [3.05, 3.63) is 0 Å². The average molecular weight is 204 g/mol. The van der Waals surface area contributed by atoms with Crippen molar-refractivity contribution in [1.82, 2.24) is 5.32 Å². The number of carbonyl (C=O) groups excluding carboxylic acids is 1. The minimum atomic E-state index is 0.134. The minimum Gasteiger partial charge on any atom is -0.356 e. The molecule has 1 rings (SSSR count). The van der Waals surface area contributed by atoms with Crippen LogP contribution in [0.25, 0.3) is 0 Å². The van der Waals surface area contributed by atoms with E-state index in [1.807, 2.05) is 6.92 Å². The fourth-order valence-corrected chi connectivity index (χ4v) is 2.13. The van der Waals surface area contributed by atoms with Crippen molar-refractivity contribution in [2.24, 2.45) is 5.92 Å². The lowest BCUT2D eigenvalue weighted by Gasteiger charge is -2.26. The molecule has 0 saturated heterocycles. The smallest absolute Gasteiger partial charge is 0.219 e. The third-order valence-corrected chi connectivity index (χ3v) is 3.27. The van der Waals surface area contributed by atoms with Crippen LogP contribution in [0.1, 0.15) is 39.0 Å². The summed E-state index contributed by atoms with van der Waals surface area (Å²) in [7, 11) is 0. The summed E-state index contributed by atoms with van der Waals surface area (Å²) in [6, 6.07) is 0. The van der Waals surface area contributed by atoms with Crippen LogP contribution in [-0.4, -0.2) is 17.8 Å². The van der Waals surface area contributed by atoms with Crippen molar-refractivity contribution in [3.63, 3.8) is 0 Å². The van der Waals surface area contributed by atoms with Gasteiger partial charge in [0.15, 0.2) is 0 Å². The second-order valence-electron chi connectivity index (χ2n) is 3.72. The van der Waals surface area contributed by atoms with Gasteiger partial charge >= 0.3 is 0 Å². The van der Waals surface area contributed by atoms with E-state index in [1.165, 1.54) is 12.8 Å². The first-order chi connectivity index (χ1) is 6.24. The number of amides is 1. The lowest BCUT2D eigenvalue weighted by atomic mass is 9.89. The van der Waals surface area contributed by atoms with Gasteiger partial charge in [0.25, 0.3) is 0 Å². The van der Waals surface area contributed by atoms with Gasteiger partial charge in [-0.2, -0.15) is 0 Å². The van der Waals surface area contributed by atoms with E-state index in [4.69, 9.17) is 11.6 Å². The van der Waals surface area contributed by atoms with Gasteiger partial charge in [-0.15, -0.1) is 11.6 Å². The van der Waals surface area contributed by atoms with Gasteiger partial charge in [0, 0.05) is 18.3 Å². The molecule has 0 bridgehead atoms. The molecule has 2 atom stereocenters. The second kappa shape index (κ2) is 5.48. The monoisotopic (exact) mass is 203 g/mol. The maximum atomic E-state index is 11.0. The number of hydrogen-bond acceptors (Lipinski definition) is 1. The van der Waals surface area contributed by atoms with E-state index in [1.54, 1.807) is 0 Å². The Bertz CT molecular complexity index is 172. The highest BCUT2D eigenvalue weighted by molar-refractivity contribution is 6.20. The van der Waals surface area contributed by atoms with E-state index in [2.05, 4.69) is 5.32 Å². The van der Waals surface area contributed by atoms with Gasteiger partial charge in [-0.3, -0.25) is 4.79 Å². The number of hydrogen-bond donors (Lipinski definition) is 1. The predicted molar refractivity (Wildman–Crippen MR) is 54.9 cm³/mol. The Morgan fingerprint density at radius 1 is 1.46 bits per heavy atom. The van der Waals surface area contributed by atoms with Gasteiger partial charge in [0.05, 0.1) is 0 Å². The molecule has 0 aliphatic heterocycles. The fourth-order valence-electron chi connectivity index (χ4n) is 1.76. The van der Waals surface area contributed by atoms with Crippen molar-refractivity contribution in [1.29, 1.82) is 0 Å². The molecule has 1 N–H and O–H groups in total. The maximum Gasteiger partial charge on any atom is 0.219 e. The van der Waals surface area contributed by atoms with Crippen molar-refractivity contribution in [2.75, 3.05) is 6.54 Å². The highest BCUT2D eigenvalue weighted by Crippen LogP contribution is 2.27. The van der Waals surface area contributed by atoms with E-state index < -0.39 is 0 Å². The van der Waals surface area contributed by atoms with Crippen LogP contribution in [0, 0.1) is 5.92 Å². The molecule has 1 amide bonds. The molecule has 1 aliphatic rings. The second-order valence-corrected chi connectivity index (χ2v) is 4.28. The quantitative estimate of drug-likeness (QED) is 0.701. The largest absolute Gasteiger partial charge is 0.356 e. The molecule has 0 spiro atoms. The van der Waals surface area contributed by atoms with Crippen molar-refractivity contribution in [3.8, 4) is 0 Å². The molecule has 1 fully saturated rings. The van der Waals surface area contributed by atoms with Gasteiger partial charge in [0.2, 0.25) is 5.91 Å². The molecule has 1 saturated carbocycles. The number of carbonyl (C=O) groups is 1. The van der Waals surface area contributed by atoms with Crippen molar-refractivity contribution in [2.45, 2.75) is 44.4 Å². The first-order valence-electron chi connectivity index (χ1n) is 5.14. The summed E-state index contributed by atoms with van der Waals surface area (Å²) in [5.74, 6) is 0.625. The topological polar surface area (TPSA) is 29.1 Å². The summed E-state index contributed by atoms with van der Waals surface area (Å²) in [5, 5.41) is 3.18. The SMILES string of the molecule is CCC(=O)NCC1CCCCC1Cl. The van der Waals surface area contributed by atoms with E-state index in [-0.39, 0.29) is 11.3 Å². The fraction of sp³-hybridized carbons (Fsp3) is 0.900. The zero-order valence-electron chi connectivity index (χ0n) is 8.18. The van der Waals surface area contributed by atoms with Crippen molar-refractivity contribution < 1.29 is 4.79 Å². The van der Waals surface area contributed by atoms with Crippen LogP contribution in [0.15, 0.2) is 0 Å². The summed E-state index contributed by atoms with van der Waals surface area (Å²) in [6.45, 7) is 2.63. The van der Waals surface area contributed by atoms with Crippen LogP contribution in [0.3, 0.4) is 0 Å². The zero-order chi connectivity index (χ0) is 9.68. The molecule has 0 aromatic rings. The van der Waals surface area contributed by atoms with E-state index >= 15 is 0 Å². The molecule has 1 aliphatic carbocycles. The molecular formula is C10H18ClNO. The van der Waals surface area contributed by atoms with Crippen LogP contribution in [-0.2, 0) is 4.79 Å². The van der Waals surface area contributed by atoms with Gasteiger partial charge in [0.1, 0.15) is 0 Å². The molecule has 2 unspecified atom stereocenters. The molecule has 0 aromatic heterocycles. The first kappa shape index (κ1) is 10.8. The highest BCUT2D eigenvalue weighted by Gasteiger charge is 2.22. The highest BCUT2D eigenvalue weighted by atomic mass is 35.5. The zero-order valence-corrected chi connectivity index (χ0v) is 8.94. The maximum absolute atomic E-state index is 11.0. The number of alkyl halides is 1. The Labute approximate surface area is 85.0 Å². The summed E-state index contributed by atoms with van der Waals surface area (Å²) in [6.07, 6.45) is 5.34. The van der Waals surface area contributed by atoms with Crippen LogP contribution >= 0.6 is 11.6 Å². The summed E-state index contributed by atoms with van der Waals surface area (Å²) >= 11 is 6.16. The predicted octanol–water partition coefficient (Wildman–Crippen LogP) is 2.31. The molecule has 0 radical (unpaired) electrons. The molecule has 0 heterocycles. The summed E-state index contributed by atoms with van der Waals surface area (Å²) in [5.41, 5.74) is 0. The average Bonchev–Trinajstić information content (AvgIpc) is 2.16. The third kappa shape index (κ3) is 3.55. The van der Waals surface area contributed by atoms with Gasteiger partial charge in [-0.1, -0.05) is 19.8 Å². The lowest BCUT2D eigenvalue weighted by molar-refractivity contribution is -0.121. The third-order valence-electron chi connectivity index (χ3n) is 2.70. The molecule has 2 nitrogen and oxygen atoms in total. The number of halogens is 1. The Balaban J connectivity index is 2.22. The lowest BCUT2D eigenvalue weighted by Crippen LogP contribution is -2.34. The van der Waals surface area contributed by atoms with Crippen LogP contribution in [0.2, 0.25) is 0 Å². The number of nitrogens with one attached hydrogen (secondary N) is 1. The van der Waals surface area contributed by atoms with Gasteiger partial charge in [-0.25, -0.2) is 0 Å². The summed E-state index contributed by atoms with van der Waals surface area (Å²) in [4.78, 5) is 11.0. The minimum absolute atomic E-state index is 0.134. The Morgan fingerprint density at radius 2 is 2.15 bits per heavy atom. The normalized spacial score (nSPS) is 28.5. The molecular weight excluding hydrogens is 186 g/mol. The van der Waals surface area contributed by atoms with Crippen molar-refractivity contribution >= 4 is 17.5 Å². The van der Waals surface area contributed by atoms with Crippen LogP contribution in [0.4, 0.5) is 0 Å². The molecule has 76 valence electrons.